The quantitative estimate of drug-likeness (QED) is 0.750. The van der Waals surface area contributed by atoms with Crippen molar-refractivity contribution in [2.45, 2.75) is 25.2 Å². The van der Waals surface area contributed by atoms with E-state index in [4.69, 9.17) is 0 Å². The van der Waals surface area contributed by atoms with Crippen LogP contribution in [0.4, 0.5) is 4.39 Å². The second-order valence-corrected chi connectivity index (χ2v) is 7.06. The van der Waals surface area contributed by atoms with Gasteiger partial charge in [-0.2, -0.15) is 0 Å². The molecule has 1 atom stereocenters. The third-order valence-corrected chi connectivity index (χ3v) is 5.15. The summed E-state index contributed by atoms with van der Waals surface area (Å²) in [7, 11) is 0. The molecule has 1 aromatic heterocycles. The van der Waals surface area contributed by atoms with Gasteiger partial charge in [0, 0.05) is 36.7 Å². The number of carbonyl (C=O) groups is 1. The molecule has 0 spiro atoms. The number of hydrogen-bond donors (Lipinski definition) is 1. The smallest absolute Gasteiger partial charge is 0.141 e. The van der Waals surface area contributed by atoms with Crippen LogP contribution in [0.1, 0.15) is 28.2 Å². The summed E-state index contributed by atoms with van der Waals surface area (Å²) in [5.41, 5.74) is 4.91. The SMILES string of the molecule is O=C1Cc2cc(-c3cncc(C[C@@H](CO)c4ccccc4)c3)cc(F)c2C1. The van der Waals surface area contributed by atoms with E-state index >= 15 is 0 Å². The highest BCUT2D eigenvalue weighted by atomic mass is 19.1. The molecule has 136 valence electrons. The number of hydrogen-bond acceptors (Lipinski definition) is 3. The Bertz CT molecular complexity index is 985. The zero-order chi connectivity index (χ0) is 18.8. The molecule has 1 aliphatic carbocycles. The number of ketones is 1. The molecule has 1 aliphatic rings. The predicted octanol–water partition coefficient (Wildman–Crippen LogP) is 3.87. The number of pyridine rings is 1. The molecular weight excluding hydrogens is 341 g/mol. The van der Waals surface area contributed by atoms with Crippen molar-refractivity contribution in [1.29, 1.82) is 0 Å². The molecule has 27 heavy (non-hydrogen) atoms. The zero-order valence-electron chi connectivity index (χ0n) is 14.9. The van der Waals surface area contributed by atoms with Crippen molar-refractivity contribution in [3.8, 4) is 11.1 Å². The largest absolute Gasteiger partial charge is 0.396 e. The van der Waals surface area contributed by atoms with E-state index in [2.05, 4.69) is 4.98 Å². The number of Topliss-reactive ketones (excluding diaryl/α,β-unsaturated/α-hetero) is 1. The van der Waals surface area contributed by atoms with Crippen molar-refractivity contribution >= 4 is 5.78 Å². The second kappa shape index (κ2) is 7.41. The van der Waals surface area contributed by atoms with Crippen molar-refractivity contribution in [2.75, 3.05) is 6.61 Å². The van der Waals surface area contributed by atoms with Gasteiger partial charge in [0.05, 0.1) is 6.61 Å². The van der Waals surface area contributed by atoms with Crippen molar-refractivity contribution in [3.05, 3.63) is 89.0 Å². The standard InChI is InChI=1S/C23H20FNO2/c24-23-10-17(8-18-9-21(27)11-22(18)23)19-6-15(12-25-13-19)7-20(14-26)16-4-2-1-3-5-16/h1-6,8,10,12-13,20,26H,7,9,11,14H2/t20-/m0/s1. The van der Waals surface area contributed by atoms with Gasteiger partial charge in [0.15, 0.2) is 0 Å². The minimum Gasteiger partial charge on any atom is -0.396 e. The summed E-state index contributed by atoms with van der Waals surface area (Å²) in [4.78, 5) is 15.9. The first-order chi connectivity index (χ1) is 13.1. The molecule has 0 saturated carbocycles. The van der Waals surface area contributed by atoms with Crippen LogP contribution in [0.15, 0.2) is 60.9 Å². The Balaban J connectivity index is 1.63. The Hall–Kier alpha value is -2.85. The van der Waals surface area contributed by atoms with Gasteiger partial charge in [0.2, 0.25) is 0 Å². The van der Waals surface area contributed by atoms with Crippen LogP contribution in [0.3, 0.4) is 0 Å². The predicted molar refractivity (Wildman–Crippen MR) is 102 cm³/mol. The molecule has 0 fully saturated rings. The maximum atomic E-state index is 14.4. The van der Waals surface area contributed by atoms with E-state index in [9.17, 15) is 14.3 Å². The van der Waals surface area contributed by atoms with Gasteiger partial charge in [-0.05, 0) is 46.4 Å². The molecule has 0 saturated heterocycles. The minimum atomic E-state index is -0.323. The monoisotopic (exact) mass is 361 g/mol. The average molecular weight is 361 g/mol. The number of benzene rings is 2. The first kappa shape index (κ1) is 17.6. The van der Waals surface area contributed by atoms with Crippen LogP contribution in [0.25, 0.3) is 11.1 Å². The summed E-state index contributed by atoms with van der Waals surface area (Å²) in [5, 5.41) is 9.79. The van der Waals surface area contributed by atoms with Crippen LogP contribution < -0.4 is 0 Å². The van der Waals surface area contributed by atoms with E-state index < -0.39 is 0 Å². The molecule has 4 rings (SSSR count). The molecule has 3 nitrogen and oxygen atoms in total. The van der Waals surface area contributed by atoms with E-state index in [0.717, 1.165) is 27.8 Å². The summed E-state index contributed by atoms with van der Waals surface area (Å²) in [6, 6.07) is 15.2. The maximum Gasteiger partial charge on any atom is 0.141 e. The average Bonchev–Trinajstić information content (AvgIpc) is 3.08. The summed E-state index contributed by atoms with van der Waals surface area (Å²) in [6.07, 6.45) is 4.62. The molecule has 0 bridgehead atoms. The van der Waals surface area contributed by atoms with Crippen LogP contribution in [-0.2, 0) is 24.1 Å². The molecule has 0 unspecified atom stereocenters. The fourth-order valence-electron chi connectivity index (χ4n) is 3.74. The van der Waals surface area contributed by atoms with Crippen LogP contribution >= 0.6 is 0 Å². The molecule has 4 heteroatoms. The molecule has 1 heterocycles. The van der Waals surface area contributed by atoms with E-state index in [1.807, 2.05) is 42.5 Å². The van der Waals surface area contributed by atoms with Crippen LogP contribution in [0.2, 0.25) is 0 Å². The fourth-order valence-corrected chi connectivity index (χ4v) is 3.74. The number of aromatic nitrogens is 1. The van der Waals surface area contributed by atoms with Crippen molar-refractivity contribution in [1.82, 2.24) is 4.98 Å². The number of halogens is 1. The lowest BCUT2D eigenvalue weighted by Gasteiger charge is -2.15. The Morgan fingerprint density at radius 2 is 1.85 bits per heavy atom. The fraction of sp³-hybridized carbons (Fsp3) is 0.217. The molecular formula is C23H20FNO2. The highest BCUT2D eigenvalue weighted by Gasteiger charge is 2.23. The Kier molecular flexibility index (Phi) is 4.82. The molecule has 0 radical (unpaired) electrons. The summed E-state index contributed by atoms with van der Waals surface area (Å²) >= 11 is 0. The van der Waals surface area contributed by atoms with Crippen molar-refractivity contribution < 1.29 is 14.3 Å². The number of aliphatic hydroxyl groups excluding tert-OH is 1. The van der Waals surface area contributed by atoms with Crippen LogP contribution in [0.5, 0.6) is 0 Å². The zero-order valence-corrected chi connectivity index (χ0v) is 14.9. The summed E-state index contributed by atoms with van der Waals surface area (Å²) < 4.78 is 14.4. The summed E-state index contributed by atoms with van der Waals surface area (Å²) in [5.74, 6) is -0.282. The lowest BCUT2D eigenvalue weighted by atomic mass is 9.92. The second-order valence-electron chi connectivity index (χ2n) is 7.06. The van der Waals surface area contributed by atoms with Crippen molar-refractivity contribution in [2.24, 2.45) is 0 Å². The highest BCUT2D eigenvalue weighted by molar-refractivity contribution is 5.88. The van der Waals surface area contributed by atoms with Crippen LogP contribution in [-0.4, -0.2) is 22.5 Å². The number of rotatable bonds is 5. The van der Waals surface area contributed by atoms with E-state index in [-0.39, 0.29) is 30.5 Å². The lowest BCUT2D eigenvalue weighted by Crippen LogP contribution is -2.08. The first-order valence-corrected chi connectivity index (χ1v) is 9.07. The van der Waals surface area contributed by atoms with Gasteiger partial charge >= 0.3 is 0 Å². The maximum absolute atomic E-state index is 14.4. The Morgan fingerprint density at radius 3 is 2.63 bits per heavy atom. The first-order valence-electron chi connectivity index (χ1n) is 9.07. The van der Waals surface area contributed by atoms with Gasteiger partial charge < -0.3 is 5.11 Å². The molecule has 1 N–H and O–H groups in total. The molecule has 0 aliphatic heterocycles. The normalized spacial score (nSPS) is 14.2. The minimum absolute atomic E-state index is 0.0161. The summed E-state index contributed by atoms with van der Waals surface area (Å²) in [6.45, 7) is 0.0455. The number of nitrogens with zero attached hydrogens (tertiary/aromatic N) is 1. The molecule has 3 aromatic rings. The highest BCUT2D eigenvalue weighted by Crippen LogP contribution is 2.30. The van der Waals surface area contributed by atoms with E-state index in [0.29, 0.717) is 18.4 Å². The van der Waals surface area contributed by atoms with Gasteiger partial charge in [-0.25, -0.2) is 4.39 Å². The van der Waals surface area contributed by atoms with Gasteiger partial charge in [-0.3, -0.25) is 9.78 Å². The van der Waals surface area contributed by atoms with Crippen molar-refractivity contribution in [3.63, 3.8) is 0 Å². The van der Waals surface area contributed by atoms with Gasteiger partial charge in [-0.15, -0.1) is 0 Å². The third-order valence-electron chi connectivity index (χ3n) is 5.15. The third kappa shape index (κ3) is 3.67. The van der Waals surface area contributed by atoms with E-state index in [1.165, 1.54) is 6.07 Å². The lowest BCUT2D eigenvalue weighted by molar-refractivity contribution is -0.117. The van der Waals surface area contributed by atoms with Gasteiger partial charge in [0.1, 0.15) is 11.6 Å². The Morgan fingerprint density at radius 1 is 1.04 bits per heavy atom. The Labute approximate surface area is 157 Å². The topological polar surface area (TPSA) is 50.2 Å². The van der Waals surface area contributed by atoms with E-state index in [1.54, 1.807) is 12.4 Å². The van der Waals surface area contributed by atoms with Crippen LogP contribution in [0, 0.1) is 5.82 Å². The number of aliphatic hydroxyl groups is 1. The molecule has 2 aromatic carbocycles. The molecule has 0 amide bonds. The van der Waals surface area contributed by atoms with Gasteiger partial charge in [0.25, 0.3) is 0 Å². The van der Waals surface area contributed by atoms with Gasteiger partial charge in [-0.1, -0.05) is 36.4 Å². The number of carbonyl (C=O) groups excluding carboxylic acids is 1. The number of fused-ring (bicyclic) bond motifs is 1.